The minimum absolute atomic E-state index is 0.0765. The zero-order valence-corrected chi connectivity index (χ0v) is 10.7. The molecule has 2 N–H and O–H groups in total. The van der Waals surface area contributed by atoms with Crippen LogP contribution in [0.3, 0.4) is 0 Å². The third-order valence-electron chi connectivity index (χ3n) is 3.34. The minimum Gasteiger partial charge on any atom is -0.329 e. The molecule has 1 saturated carbocycles. The number of aryl methyl sites for hydroxylation is 1. The maximum absolute atomic E-state index is 5.83. The molecule has 0 bridgehead atoms. The van der Waals surface area contributed by atoms with Gasteiger partial charge in [0.05, 0.1) is 0 Å². The summed E-state index contributed by atoms with van der Waals surface area (Å²) in [6.45, 7) is 9.24. The van der Waals surface area contributed by atoms with Gasteiger partial charge in [0.15, 0.2) is 0 Å². The van der Waals surface area contributed by atoms with Gasteiger partial charge in [0.1, 0.15) is 5.82 Å². The third kappa shape index (κ3) is 1.96. The van der Waals surface area contributed by atoms with E-state index in [-0.39, 0.29) is 10.8 Å². The molecule has 0 aliphatic heterocycles. The molecule has 1 heterocycles. The third-order valence-corrected chi connectivity index (χ3v) is 3.34. The highest BCUT2D eigenvalue weighted by Crippen LogP contribution is 2.45. The number of hydrogen-bond acceptors (Lipinski definition) is 3. The lowest BCUT2D eigenvalue weighted by Gasteiger charge is -2.21. The molecule has 0 unspecified atom stereocenters. The lowest BCUT2D eigenvalue weighted by Crippen LogP contribution is -2.25. The van der Waals surface area contributed by atoms with Crippen molar-refractivity contribution in [2.24, 2.45) is 5.73 Å². The number of hydrogen-bond donors (Lipinski definition) is 1. The van der Waals surface area contributed by atoms with Crippen LogP contribution in [0.5, 0.6) is 0 Å². The van der Waals surface area contributed by atoms with Crippen molar-refractivity contribution in [1.82, 2.24) is 9.97 Å². The number of aromatic nitrogens is 2. The van der Waals surface area contributed by atoms with Crippen molar-refractivity contribution in [2.45, 2.75) is 51.4 Å². The Bertz CT molecular complexity index is 400. The Labute approximate surface area is 97.5 Å². The second kappa shape index (κ2) is 3.52. The fourth-order valence-corrected chi connectivity index (χ4v) is 1.86. The normalized spacial score (nSPS) is 18.6. The largest absolute Gasteiger partial charge is 0.329 e. The van der Waals surface area contributed by atoms with Crippen molar-refractivity contribution in [2.75, 3.05) is 6.54 Å². The average Bonchev–Trinajstić information content (AvgIpc) is 2.96. The summed E-state index contributed by atoms with van der Waals surface area (Å²) in [6.07, 6.45) is 2.27. The second-order valence-corrected chi connectivity index (χ2v) is 5.95. The van der Waals surface area contributed by atoms with E-state index in [4.69, 9.17) is 10.7 Å². The van der Waals surface area contributed by atoms with Crippen molar-refractivity contribution < 1.29 is 0 Å². The van der Waals surface area contributed by atoms with Crippen molar-refractivity contribution in [1.29, 1.82) is 0 Å². The summed E-state index contributed by atoms with van der Waals surface area (Å²) in [5, 5.41) is 0. The molecule has 0 radical (unpaired) electrons. The Kier molecular flexibility index (Phi) is 2.54. The maximum atomic E-state index is 5.83. The van der Waals surface area contributed by atoms with E-state index >= 15 is 0 Å². The van der Waals surface area contributed by atoms with Gasteiger partial charge in [-0.1, -0.05) is 20.8 Å². The van der Waals surface area contributed by atoms with E-state index < -0.39 is 0 Å². The van der Waals surface area contributed by atoms with E-state index in [1.54, 1.807) is 0 Å². The number of nitrogens with zero attached hydrogens (tertiary/aromatic N) is 2. The van der Waals surface area contributed by atoms with E-state index in [9.17, 15) is 0 Å². The summed E-state index contributed by atoms with van der Waals surface area (Å²) in [5.74, 6) is 0.958. The van der Waals surface area contributed by atoms with Gasteiger partial charge in [0.25, 0.3) is 0 Å². The van der Waals surface area contributed by atoms with Gasteiger partial charge < -0.3 is 5.73 Å². The summed E-state index contributed by atoms with van der Waals surface area (Å²) in [4.78, 5) is 9.28. The second-order valence-electron chi connectivity index (χ2n) is 5.95. The van der Waals surface area contributed by atoms with Crippen LogP contribution in [-0.2, 0) is 10.8 Å². The van der Waals surface area contributed by atoms with Crippen LogP contribution >= 0.6 is 0 Å². The highest BCUT2D eigenvalue weighted by atomic mass is 14.9. The van der Waals surface area contributed by atoms with Gasteiger partial charge in [-0.3, -0.25) is 0 Å². The van der Waals surface area contributed by atoms with E-state index in [0.717, 1.165) is 30.1 Å². The molecule has 0 saturated heterocycles. The molecular formula is C13H21N3. The Balaban J connectivity index is 2.45. The van der Waals surface area contributed by atoms with Crippen molar-refractivity contribution >= 4 is 0 Å². The first-order chi connectivity index (χ1) is 7.37. The van der Waals surface area contributed by atoms with Gasteiger partial charge in [-0.2, -0.15) is 0 Å². The predicted molar refractivity (Wildman–Crippen MR) is 65.4 cm³/mol. The molecule has 1 aliphatic rings. The Morgan fingerprint density at radius 3 is 2.38 bits per heavy atom. The first-order valence-corrected chi connectivity index (χ1v) is 5.94. The fourth-order valence-electron chi connectivity index (χ4n) is 1.86. The zero-order valence-electron chi connectivity index (χ0n) is 10.7. The van der Waals surface area contributed by atoms with Gasteiger partial charge >= 0.3 is 0 Å². The lowest BCUT2D eigenvalue weighted by molar-refractivity contribution is 0.546. The predicted octanol–water partition coefficient (Wildman–Crippen LogP) is 2.07. The number of nitrogens with two attached hydrogens (primary N) is 1. The van der Waals surface area contributed by atoms with Crippen molar-refractivity contribution in [3.63, 3.8) is 0 Å². The SMILES string of the molecule is Cc1cc(C(C)(C)C)nc(C2(CN)CC2)n1. The van der Waals surface area contributed by atoms with E-state index in [1.807, 2.05) is 6.92 Å². The molecule has 0 spiro atoms. The van der Waals surface area contributed by atoms with Gasteiger partial charge in [0, 0.05) is 28.8 Å². The molecule has 2 rings (SSSR count). The maximum Gasteiger partial charge on any atom is 0.136 e. The van der Waals surface area contributed by atoms with Crippen LogP contribution in [0, 0.1) is 6.92 Å². The molecule has 1 aliphatic carbocycles. The average molecular weight is 219 g/mol. The summed E-state index contributed by atoms with van der Waals surface area (Å²) in [7, 11) is 0. The molecule has 0 atom stereocenters. The van der Waals surface area contributed by atoms with Gasteiger partial charge in [-0.25, -0.2) is 9.97 Å². The van der Waals surface area contributed by atoms with Crippen molar-refractivity contribution in [3.05, 3.63) is 23.3 Å². The zero-order chi connectivity index (χ0) is 12.0. The lowest BCUT2D eigenvalue weighted by atomic mass is 9.91. The quantitative estimate of drug-likeness (QED) is 0.828. The molecule has 3 heteroatoms. The monoisotopic (exact) mass is 219 g/mol. The number of rotatable bonds is 2. The molecular weight excluding hydrogens is 198 g/mol. The highest BCUT2D eigenvalue weighted by Gasteiger charge is 2.46. The van der Waals surface area contributed by atoms with Crippen LogP contribution in [-0.4, -0.2) is 16.5 Å². The van der Waals surface area contributed by atoms with Gasteiger partial charge in [-0.15, -0.1) is 0 Å². The van der Waals surface area contributed by atoms with Crippen LogP contribution in [0.25, 0.3) is 0 Å². The summed E-state index contributed by atoms with van der Waals surface area (Å²) in [5.41, 5.74) is 8.17. The highest BCUT2D eigenvalue weighted by molar-refractivity contribution is 5.25. The summed E-state index contributed by atoms with van der Waals surface area (Å²) >= 11 is 0. The fraction of sp³-hybridized carbons (Fsp3) is 0.692. The van der Waals surface area contributed by atoms with Crippen LogP contribution in [0.4, 0.5) is 0 Å². The molecule has 3 nitrogen and oxygen atoms in total. The smallest absolute Gasteiger partial charge is 0.136 e. The molecule has 1 aromatic heterocycles. The van der Waals surface area contributed by atoms with E-state index in [1.165, 1.54) is 0 Å². The standard InChI is InChI=1S/C13H21N3/c1-9-7-10(12(2,3)4)16-11(15-9)13(8-14)5-6-13/h7H,5-6,8,14H2,1-4H3. The summed E-state index contributed by atoms with van der Waals surface area (Å²) in [6, 6.07) is 2.08. The van der Waals surface area contributed by atoms with Gasteiger partial charge in [0.2, 0.25) is 0 Å². The van der Waals surface area contributed by atoms with Crippen LogP contribution in [0.15, 0.2) is 6.07 Å². The first-order valence-electron chi connectivity index (χ1n) is 5.94. The molecule has 16 heavy (non-hydrogen) atoms. The Hall–Kier alpha value is -0.960. The molecule has 0 aromatic carbocycles. The minimum atomic E-state index is 0.0765. The van der Waals surface area contributed by atoms with Crippen LogP contribution in [0.1, 0.15) is 50.8 Å². The molecule has 1 fully saturated rings. The molecule has 1 aromatic rings. The first kappa shape index (κ1) is 11.5. The van der Waals surface area contributed by atoms with E-state index in [0.29, 0.717) is 6.54 Å². The topological polar surface area (TPSA) is 51.8 Å². The van der Waals surface area contributed by atoms with Crippen LogP contribution in [0.2, 0.25) is 0 Å². The Morgan fingerprint density at radius 1 is 1.31 bits per heavy atom. The van der Waals surface area contributed by atoms with Gasteiger partial charge in [-0.05, 0) is 25.8 Å². The van der Waals surface area contributed by atoms with E-state index in [2.05, 4.69) is 31.8 Å². The van der Waals surface area contributed by atoms with Crippen LogP contribution < -0.4 is 5.73 Å². The molecule has 88 valence electrons. The Morgan fingerprint density at radius 2 is 1.94 bits per heavy atom. The molecule has 0 amide bonds. The summed E-state index contributed by atoms with van der Waals surface area (Å²) < 4.78 is 0. The van der Waals surface area contributed by atoms with Crippen molar-refractivity contribution in [3.8, 4) is 0 Å².